The second-order valence-corrected chi connectivity index (χ2v) is 4.06. The number of benzene rings is 1. The quantitative estimate of drug-likeness (QED) is 0.587. The molecule has 0 atom stereocenters. The van der Waals surface area contributed by atoms with Crippen molar-refractivity contribution in [3.05, 3.63) is 23.8 Å². The van der Waals surface area contributed by atoms with Gasteiger partial charge in [-0.05, 0) is 24.5 Å². The smallest absolute Gasteiger partial charge is 0.161 e. The second kappa shape index (κ2) is 4.57. The van der Waals surface area contributed by atoms with Crippen LogP contribution in [0.2, 0.25) is 0 Å². The first-order valence-corrected chi connectivity index (χ1v) is 6.06. The molecule has 80 valence electrons. The van der Waals surface area contributed by atoms with Crippen molar-refractivity contribution in [2.45, 2.75) is 6.42 Å². The molecule has 0 radical (unpaired) electrons. The van der Waals surface area contributed by atoms with Gasteiger partial charge in [0.05, 0.1) is 18.3 Å². The monoisotopic (exact) mass is 223 g/mol. The molecule has 0 aliphatic carbocycles. The highest BCUT2D eigenvalue weighted by atomic mass is 32.2. The van der Waals surface area contributed by atoms with Crippen LogP contribution in [0.25, 0.3) is 0 Å². The van der Waals surface area contributed by atoms with E-state index in [1.807, 2.05) is 24.5 Å². The van der Waals surface area contributed by atoms with Crippen molar-refractivity contribution in [2.75, 3.05) is 19.5 Å². The third kappa shape index (κ3) is 2.26. The largest absolute Gasteiger partial charge is 0.490 e. The van der Waals surface area contributed by atoms with E-state index in [0.717, 1.165) is 23.5 Å². The minimum absolute atomic E-state index is 0.547. The van der Waals surface area contributed by atoms with Crippen LogP contribution in [0.15, 0.2) is 18.2 Å². The van der Waals surface area contributed by atoms with Gasteiger partial charge in [-0.15, -0.1) is 11.8 Å². The zero-order valence-corrected chi connectivity index (χ0v) is 9.39. The van der Waals surface area contributed by atoms with Gasteiger partial charge in [0.15, 0.2) is 11.5 Å². The van der Waals surface area contributed by atoms with Crippen LogP contribution in [0.3, 0.4) is 0 Å². The first-order chi connectivity index (χ1) is 7.31. The zero-order chi connectivity index (χ0) is 10.7. The highest BCUT2D eigenvalue weighted by Gasteiger charge is 2.11. The Balaban J connectivity index is 2.31. The van der Waals surface area contributed by atoms with Gasteiger partial charge < -0.3 is 9.47 Å². The topological polar surface area (TPSA) is 42.3 Å². The van der Waals surface area contributed by atoms with Gasteiger partial charge in [-0.3, -0.25) is 5.41 Å². The summed E-state index contributed by atoms with van der Waals surface area (Å²) < 4.78 is 11.1. The summed E-state index contributed by atoms with van der Waals surface area (Å²) in [6, 6.07) is 5.65. The highest BCUT2D eigenvalue weighted by Crippen LogP contribution is 2.31. The lowest BCUT2D eigenvalue weighted by molar-refractivity contribution is 0.297. The van der Waals surface area contributed by atoms with Gasteiger partial charge in [-0.1, -0.05) is 0 Å². The Kier molecular flexibility index (Phi) is 3.16. The molecule has 0 saturated carbocycles. The van der Waals surface area contributed by atoms with E-state index in [0.29, 0.717) is 18.3 Å². The molecule has 1 heterocycles. The zero-order valence-electron chi connectivity index (χ0n) is 8.58. The first kappa shape index (κ1) is 10.4. The highest BCUT2D eigenvalue weighted by molar-refractivity contribution is 8.13. The van der Waals surface area contributed by atoms with Gasteiger partial charge in [0.25, 0.3) is 0 Å². The van der Waals surface area contributed by atoms with Crippen LogP contribution in [0.4, 0.5) is 0 Å². The number of hydrogen-bond donors (Lipinski definition) is 1. The van der Waals surface area contributed by atoms with Crippen LogP contribution < -0.4 is 9.47 Å². The average Bonchev–Trinajstić information content (AvgIpc) is 2.51. The van der Waals surface area contributed by atoms with E-state index >= 15 is 0 Å². The lowest BCUT2D eigenvalue weighted by atomic mass is 10.2. The van der Waals surface area contributed by atoms with Gasteiger partial charge in [-0.2, -0.15) is 0 Å². The molecule has 3 nitrogen and oxygen atoms in total. The third-order valence-corrected chi connectivity index (χ3v) is 2.86. The summed E-state index contributed by atoms with van der Waals surface area (Å²) in [5, 5.41) is 8.26. The average molecular weight is 223 g/mol. The molecule has 2 rings (SSSR count). The van der Waals surface area contributed by atoms with Crippen LogP contribution in [-0.4, -0.2) is 24.5 Å². The number of thioether (sulfide) groups is 1. The van der Waals surface area contributed by atoms with Gasteiger partial charge in [-0.25, -0.2) is 0 Å². The molecule has 0 spiro atoms. The molecule has 1 aromatic carbocycles. The van der Waals surface area contributed by atoms with E-state index in [-0.39, 0.29) is 0 Å². The fourth-order valence-corrected chi connectivity index (χ4v) is 1.79. The number of nitrogens with one attached hydrogen (secondary N) is 1. The molecule has 0 saturated heterocycles. The van der Waals surface area contributed by atoms with Crippen LogP contribution in [0, 0.1) is 5.41 Å². The van der Waals surface area contributed by atoms with E-state index in [4.69, 9.17) is 14.9 Å². The third-order valence-electron chi connectivity index (χ3n) is 2.21. The summed E-state index contributed by atoms with van der Waals surface area (Å²) in [5.74, 6) is 1.54. The van der Waals surface area contributed by atoms with Crippen molar-refractivity contribution in [3.63, 3.8) is 0 Å². The normalized spacial score (nSPS) is 14.5. The maximum Gasteiger partial charge on any atom is 0.161 e. The summed E-state index contributed by atoms with van der Waals surface area (Å²) in [6.45, 7) is 1.38. The predicted molar refractivity (Wildman–Crippen MR) is 62.4 cm³/mol. The van der Waals surface area contributed by atoms with E-state index < -0.39 is 0 Å². The Morgan fingerprint density at radius 1 is 1.27 bits per heavy atom. The number of rotatable bonds is 1. The lowest BCUT2D eigenvalue weighted by Gasteiger charge is -2.08. The standard InChI is InChI=1S/C11H13NO2S/c1-15-11(12)8-3-4-9-10(7-8)14-6-2-5-13-9/h3-4,7,12H,2,5-6H2,1H3. The van der Waals surface area contributed by atoms with Gasteiger partial charge in [0.2, 0.25) is 0 Å². The van der Waals surface area contributed by atoms with Crippen molar-refractivity contribution in [1.82, 2.24) is 0 Å². The van der Waals surface area contributed by atoms with Crippen molar-refractivity contribution in [1.29, 1.82) is 5.41 Å². The molecular weight excluding hydrogens is 210 g/mol. The molecule has 15 heavy (non-hydrogen) atoms. The Hall–Kier alpha value is -1.16. The molecule has 1 N–H and O–H groups in total. The van der Waals surface area contributed by atoms with E-state index in [9.17, 15) is 0 Å². The maximum absolute atomic E-state index is 7.72. The van der Waals surface area contributed by atoms with Crippen molar-refractivity contribution in [3.8, 4) is 11.5 Å². The molecule has 4 heteroatoms. The minimum Gasteiger partial charge on any atom is -0.490 e. The number of fused-ring (bicyclic) bond motifs is 1. The summed E-state index contributed by atoms with van der Waals surface area (Å²) in [6.07, 6.45) is 2.80. The van der Waals surface area contributed by atoms with Gasteiger partial charge in [0, 0.05) is 12.0 Å². The lowest BCUT2D eigenvalue weighted by Crippen LogP contribution is -1.97. The van der Waals surface area contributed by atoms with E-state index in [1.165, 1.54) is 11.8 Å². The molecule has 0 bridgehead atoms. The van der Waals surface area contributed by atoms with Crippen LogP contribution in [0.5, 0.6) is 11.5 Å². The Morgan fingerprint density at radius 3 is 2.73 bits per heavy atom. The Labute approximate surface area is 93.3 Å². The summed E-state index contributed by atoms with van der Waals surface area (Å²) >= 11 is 1.42. The Bertz CT molecular complexity index is 379. The second-order valence-electron chi connectivity index (χ2n) is 3.25. The van der Waals surface area contributed by atoms with Crippen LogP contribution >= 0.6 is 11.8 Å². The summed E-state index contributed by atoms with van der Waals surface area (Å²) in [7, 11) is 0. The van der Waals surface area contributed by atoms with Gasteiger partial charge >= 0.3 is 0 Å². The molecule has 0 unspecified atom stereocenters. The van der Waals surface area contributed by atoms with Crippen LogP contribution in [-0.2, 0) is 0 Å². The molecule has 0 amide bonds. The van der Waals surface area contributed by atoms with E-state index in [1.54, 1.807) is 0 Å². The molecule has 0 fully saturated rings. The molecule has 1 aliphatic rings. The van der Waals surface area contributed by atoms with Crippen molar-refractivity contribution < 1.29 is 9.47 Å². The van der Waals surface area contributed by atoms with Crippen LogP contribution in [0.1, 0.15) is 12.0 Å². The molecule has 1 aromatic rings. The summed E-state index contributed by atoms with van der Waals surface area (Å²) in [4.78, 5) is 0. The predicted octanol–water partition coefficient (Wildman–Crippen LogP) is 2.54. The fraction of sp³-hybridized carbons (Fsp3) is 0.364. The molecule has 1 aliphatic heterocycles. The maximum atomic E-state index is 7.72. The van der Waals surface area contributed by atoms with Crippen molar-refractivity contribution >= 4 is 16.8 Å². The SMILES string of the molecule is CSC(=N)c1ccc2c(c1)OCCCO2. The van der Waals surface area contributed by atoms with Crippen molar-refractivity contribution in [2.24, 2.45) is 0 Å². The first-order valence-electron chi connectivity index (χ1n) is 4.84. The van der Waals surface area contributed by atoms with Gasteiger partial charge in [0.1, 0.15) is 0 Å². The Morgan fingerprint density at radius 2 is 2.00 bits per heavy atom. The molecule has 0 aromatic heterocycles. The van der Waals surface area contributed by atoms with E-state index in [2.05, 4.69) is 0 Å². The minimum atomic E-state index is 0.547. The number of ether oxygens (including phenoxy) is 2. The molecular formula is C11H13NO2S. The summed E-state index contributed by atoms with van der Waals surface area (Å²) in [5.41, 5.74) is 0.881. The number of hydrogen-bond acceptors (Lipinski definition) is 4. The fourth-order valence-electron chi connectivity index (χ4n) is 1.42.